The summed E-state index contributed by atoms with van der Waals surface area (Å²) in [5, 5.41) is 8.48. The summed E-state index contributed by atoms with van der Waals surface area (Å²) < 4.78 is 37.9. The van der Waals surface area contributed by atoms with Crippen molar-refractivity contribution in [2.24, 2.45) is 0 Å². The molecule has 0 aromatic rings. The predicted octanol–water partition coefficient (Wildman–Crippen LogP) is 2.77. The van der Waals surface area contributed by atoms with Gasteiger partial charge in [-0.1, -0.05) is 25.7 Å². The number of rotatable bonds is 8. The highest BCUT2D eigenvalue weighted by molar-refractivity contribution is 5.69. The van der Waals surface area contributed by atoms with Crippen LogP contribution in [0.25, 0.3) is 0 Å². The molecule has 1 N–H and O–H groups in total. The van der Waals surface area contributed by atoms with Gasteiger partial charge in [-0.25, -0.2) is 0 Å². The van der Waals surface area contributed by atoms with Crippen LogP contribution < -0.4 is 0 Å². The molecule has 3 nitrogen and oxygen atoms in total. The molecule has 0 aliphatic heterocycles. The minimum absolute atomic E-state index is 0.165. The van der Waals surface area contributed by atoms with E-state index in [-0.39, 0.29) is 13.0 Å². The Balaban J connectivity index is 3.28. The lowest BCUT2D eigenvalue weighted by atomic mass is 10.1. The van der Waals surface area contributed by atoms with Crippen LogP contribution in [0.4, 0.5) is 13.2 Å². The first-order valence-corrected chi connectivity index (χ1v) is 5.35. The van der Waals surface area contributed by atoms with Crippen LogP contribution in [0.1, 0.15) is 44.9 Å². The van der Waals surface area contributed by atoms with Crippen LogP contribution in [0.5, 0.6) is 0 Å². The number of aliphatic hydroxyl groups excluding tert-OH is 1. The third-order valence-corrected chi connectivity index (χ3v) is 2.02. The van der Waals surface area contributed by atoms with E-state index in [9.17, 15) is 18.0 Å². The van der Waals surface area contributed by atoms with Crippen molar-refractivity contribution in [1.29, 1.82) is 0 Å². The highest BCUT2D eigenvalue weighted by atomic mass is 19.4. The number of alkyl halides is 3. The average Bonchev–Trinajstić information content (AvgIpc) is 2.13. The first-order chi connectivity index (χ1) is 7.45. The van der Waals surface area contributed by atoms with E-state index in [4.69, 9.17) is 5.11 Å². The second kappa shape index (κ2) is 8.38. The molecule has 0 saturated heterocycles. The summed E-state index contributed by atoms with van der Waals surface area (Å²) in [7, 11) is 0. The minimum Gasteiger partial charge on any atom is -0.396 e. The molecule has 0 aromatic carbocycles. The summed E-state index contributed by atoms with van der Waals surface area (Å²) in [6.45, 7) is 0.165. The molecule has 0 saturated carbocycles. The second-order valence-corrected chi connectivity index (χ2v) is 3.51. The maximum Gasteiger partial charge on any atom is 0.575 e. The zero-order chi connectivity index (χ0) is 12.4. The van der Waals surface area contributed by atoms with Gasteiger partial charge in [0.15, 0.2) is 0 Å². The predicted molar refractivity (Wildman–Crippen MR) is 51.6 cm³/mol. The number of carbonyl (C=O) groups is 1. The van der Waals surface area contributed by atoms with Crippen LogP contribution in [-0.4, -0.2) is 24.0 Å². The number of hydrogen-bond donors (Lipinski definition) is 1. The van der Waals surface area contributed by atoms with E-state index >= 15 is 0 Å². The van der Waals surface area contributed by atoms with Crippen molar-refractivity contribution >= 4 is 5.97 Å². The summed E-state index contributed by atoms with van der Waals surface area (Å²) >= 11 is 0. The van der Waals surface area contributed by atoms with Gasteiger partial charge >= 0.3 is 12.3 Å². The molecule has 0 amide bonds. The Labute approximate surface area is 92.6 Å². The third-order valence-electron chi connectivity index (χ3n) is 2.02. The molecule has 96 valence electrons. The summed E-state index contributed by atoms with van der Waals surface area (Å²) in [5.74, 6) is -1.22. The van der Waals surface area contributed by atoms with Crippen molar-refractivity contribution in [3.05, 3.63) is 0 Å². The zero-order valence-electron chi connectivity index (χ0n) is 9.05. The number of unbranched alkanes of at least 4 members (excludes halogenated alkanes) is 5. The van der Waals surface area contributed by atoms with Crippen molar-refractivity contribution in [2.75, 3.05) is 6.61 Å². The van der Waals surface area contributed by atoms with Crippen LogP contribution in [-0.2, 0) is 9.53 Å². The summed E-state index contributed by atoms with van der Waals surface area (Å²) in [5.41, 5.74) is 0. The van der Waals surface area contributed by atoms with Gasteiger partial charge in [-0.3, -0.25) is 4.79 Å². The van der Waals surface area contributed by atoms with E-state index in [1.54, 1.807) is 0 Å². The van der Waals surface area contributed by atoms with E-state index in [1.807, 2.05) is 0 Å². The fourth-order valence-corrected chi connectivity index (χ4v) is 1.27. The Kier molecular flexibility index (Phi) is 7.97. The normalized spacial score (nSPS) is 11.5. The standard InChI is InChI=1S/C10H17F3O3/c11-10(12,13)16-9(15)7-5-3-1-2-4-6-8-14/h14H,1-8H2. The highest BCUT2D eigenvalue weighted by Crippen LogP contribution is 2.18. The van der Waals surface area contributed by atoms with Gasteiger partial charge in [0.2, 0.25) is 0 Å². The van der Waals surface area contributed by atoms with Crippen molar-refractivity contribution in [3.63, 3.8) is 0 Å². The molecule has 0 atom stereocenters. The first-order valence-electron chi connectivity index (χ1n) is 5.35. The van der Waals surface area contributed by atoms with Gasteiger partial charge < -0.3 is 9.84 Å². The lowest BCUT2D eigenvalue weighted by molar-refractivity contribution is -0.305. The van der Waals surface area contributed by atoms with Crippen LogP contribution in [0, 0.1) is 0 Å². The Morgan fingerprint density at radius 1 is 1.00 bits per heavy atom. The lowest BCUT2D eigenvalue weighted by Crippen LogP contribution is -2.18. The molecule has 0 radical (unpaired) electrons. The molecule has 0 aliphatic carbocycles. The zero-order valence-corrected chi connectivity index (χ0v) is 9.05. The Morgan fingerprint density at radius 3 is 2.00 bits per heavy atom. The molecule has 6 heteroatoms. The van der Waals surface area contributed by atoms with E-state index in [1.165, 1.54) is 0 Å². The van der Waals surface area contributed by atoms with Gasteiger partial charge in [0.25, 0.3) is 0 Å². The van der Waals surface area contributed by atoms with Crippen molar-refractivity contribution in [2.45, 2.75) is 51.3 Å². The van der Waals surface area contributed by atoms with Crippen molar-refractivity contribution < 1.29 is 27.8 Å². The smallest absolute Gasteiger partial charge is 0.396 e. The molecular weight excluding hydrogens is 225 g/mol. The van der Waals surface area contributed by atoms with Crippen LogP contribution >= 0.6 is 0 Å². The summed E-state index contributed by atoms with van der Waals surface area (Å²) in [4.78, 5) is 10.6. The number of esters is 1. The second-order valence-electron chi connectivity index (χ2n) is 3.51. The van der Waals surface area contributed by atoms with Gasteiger partial charge in [0, 0.05) is 13.0 Å². The Hall–Kier alpha value is -0.780. The number of ether oxygens (including phenoxy) is 1. The van der Waals surface area contributed by atoms with Gasteiger partial charge in [0.05, 0.1) is 0 Å². The number of aliphatic hydroxyl groups is 1. The fourth-order valence-electron chi connectivity index (χ4n) is 1.27. The third kappa shape index (κ3) is 11.3. The van der Waals surface area contributed by atoms with Crippen LogP contribution in [0.15, 0.2) is 0 Å². The largest absolute Gasteiger partial charge is 0.575 e. The molecule has 0 spiro atoms. The SMILES string of the molecule is O=C(CCCCCCCCO)OC(F)(F)F. The monoisotopic (exact) mass is 242 g/mol. The fraction of sp³-hybridized carbons (Fsp3) is 0.900. The lowest BCUT2D eigenvalue weighted by Gasteiger charge is -2.06. The molecule has 0 unspecified atom stereocenters. The summed E-state index contributed by atoms with van der Waals surface area (Å²) in [6, 6.07) is 0. The highest BCUT2D eigenvalue weighted by Gasteiger charge is 2.33. The maximum atomic E-state index is 11.6. The molecule has 0 fully saturated rings. The van der Waals surface area contributed by atoms with Gasteiger partial charge in [-0.2, -0.15) is 0 Å². The molecule has 0 heterocycles. The van der Waals surface area contributed by atoms with Gasteiger partial charge in [-0.05, 0) is 12.8 Å². The number of hydrogen-bond acceptors (Lipinski definition) is 3. The minimum atomic E-state index is -4.86. The van der Waals surface area contributed by atoms with Crippen LogP contribution in [0.3, 0.4) is 0 Å². The van der Waals surface area contributed by atoms with Gasteiger partial charge in [0.1, 0.15) is 0 Å². The average molecular weight is 242 g/mol. The molecule has 16 heavy (non-hydrogen) atoms. The first kappa shape index (κ1) is 15.2. The van der Waals surface area contributed by atoms with Gasteiger partial charge in [-0.15, -0.1) is 13.2 Å². The summed E-state index contributed by atoms with van der Waals surface area (Å²) in [6.07, 6.45) is -0.502. The molecule has 0 aromatic heterocycles. The molecular formula is C10H17F3O3. The number of halogens is 3. The number of carbonyl (C=O) groups excluding carboxylic acids is 1. The maximum absolute atomic E-state index is 11.6. The molecule has 0 bridgehead atoms. The van der Waals surface area contributed by atoms with E-state index < -0.39 is 12.3 Å². The van der Waals surface area contributed by atoms with Crippen molar-refractivity contribution in [3.8, 4) is 0 Å². The van der Waals surface area contributed by atoms with Crippen LogP contribution in [0.2, 0.25) is 0 Å². The van der Waals surface area contributed by atoms with Crippen molar-refractivity contribution in [1.82, 2.24) is 0 Å². The Bertz CT molecular complexity index is 192. The molecule has 0 aliphatic rings. The van der Waals surface area contributed by atoms with E-state index in [0.29, 0.717) is 12.8 Å². The van der Waals surface area contributed by atoms with E-state index in [2.05, 4.69) is 4.74 Å². The quantitative estimate of drug-likeness (QED) is 0.526. The Morgan fingerprint density at radius 2 is 1.50 bits per heavy atom. The topological polar surface area (TPSA) is 46.5 Å². The van der Waals surface area contributed by atoms with E-state index in [0.717, 1.165) is 25.7 Å². The molecule has 0 rings (SSSR count).